The summed E-state index contributed by atoms with van der Waals surface area (Å²) in [5.74, 6) is 0.118. The molecule has 2 unspecified atom stereocenters. The van der Waals surface area contributed by atoms with Crippen LogP contribution in [-0.2, 0) is 9.84 Å². The minimum Gasteiger partial charge on any atom is -0.494 e. The first-order chi connectivity index (χ1) is 9.54. The minimum atomic E-state index is -3.00. The van der Waals surface area contributed by atoms with E-state index in [9.17, 15) is 13.2 Å². The highest BCUT2D eigenvalue weighted by atomic mass is 32.2. The normalized spacial score (nSPS) is 30.9. The van der Waals surface area contributed by atoms with Crippen LogP contribution in [0.2, 0.25) is 0 Å². The molecule has 0 aromatic carbocycles. The molecule has 2 saturated heterocycles. The monoisotopic (exact) mass is 295 g/mol. The smallest absolute Gasteiger partial charge is 0.188 e. The minimum absolute atomic E-state index is 0.0887. The van der Waals surface area contributed by atoms with Crippen LogP contribution in [0.25, 0.3) is 0 Å². The number of pyridine rings is 1. The first-order valence-electron chi connectivity index (χ1n) is 6.80. The number of carbonyl (C=O) groups is 1. The molecule has 0 saturated carbocycles. The van der Waals surface area contributed by atoms with Crippen LogP contribution >= 0.6 is 0 Å². The average Bonchev–Trinajstić information content (AvgIpc) is 2.66. The molecule has 2 atom stereocenters. The second-order valence-corrected chi connectivity index (χ2v) is 8.01. The predicted octanol–water partition coefficient (Wildman–Crippen LogP) is 1.63. The number of rotatable bonds is 3. The fourth-order valence-corrected chi connectivity index (χ4v) is 5.83. The second kappa shape index (κ2) is 4.84. The highest BCUT2D eigenvalue weighted by Crippen LogP contribution is 2.42. The Morgan fingerprint density at radius 3 is 2.55 bits per heavy atom. The lowest BCUT2D eigenvalue weighted by Crippen LogP contribution is -2.36. The number of carbonyl (C=O) groups excluding carboxylic acids is 1. The number of methoxy groups -OCH3 is 1. The second-order valence-electron chi connectivity index (χ2n) is 5.50. The van der Waals surface area contributed by atoms with E-state index in [1.807, 2.05) is 0 Å². The molecule has 3 rings (SSSR count). The Morgan fingerprint density at radius 1 is 1.30 bits per heavy atom. The van der Waals surface area contributed by atoms with Crippen LogP contribution in [0, 0.1) is 5.92 Å². The molecule has 1 aromatic rings. The zero-order chi connectivity index (χ0) is 14.3. The van der Waals surface area contributed by atoms with Crippen molar-refractivity contribution in [3.05, 3.63) is 24.0 Å². The summed E-state index contributed by atoms with van der Waals surface area (Å²) in [6.07, 6.45) is 3.80. The van der Waals surface area contributed by atoms with Crippen LogP contribution in [0.4, 0.5) is 0 Å². The Labute approximate surface area is 118 Å². The molecule has 0 radical (unpaired) electrons. The third kappa shape index (κ3) is 2.02. The van der Waals surface area contributed by atoms with Crippen LogP contribution in [-0.4, -0.2) is 36.8 Å². The van der Waals surface area contributed by atoms with Crippen LogP contribution in [0.3, 0.4) is 0 Å². The number of ketones is 1. The van der Waals surface area contributed by atoms with Crippen LogP contribution in [0.5, 0.6) is 5.75 Å². The molecule has 5 nitrogen and oxygen atoms in total. The van der Waals surface area contributed by atoms with E-state index >= 15 is 0 Å². The van der Waals surface area contributed by atoms with Gasteiger partial charge in [0.05, 0.1) is 17.6 Å². The number of aromatic nitrogens is 1. The molecular weight excluding hydrogens is 278 g/mol. The maximum atomic E-state index is 12.6. The Bertz CT molecular complexity index is 620. The molecule has 1 aromatic heterocycles. The maximum absolute atomic E-state index is 12.6. The third-order valence-corrected chi connectivity index (χ3v) is 7.14. The van der Waals surface area contributed by atoms with E-state index in [0.29, 0.717) is 37.1 Å². The van der Waals surface area contributed by atoms with Gasteiger partial charge in [-0.2, -0.15) is 0 Å². The number of ether oxygens (including phenoxy) is 1. The molecule has 0 N–H and O–H groups in total. The highest BCUT2D eigenvalue weighted by molar-refractivity contribution is 7.93. The molecule has 0 aliphatic carbocycles. The molecule has 0 amide bonds. The average molecular weight is 295 g/mol. The van der Waals surface area contributed by atoms with E-state index in [2.05, 4.69) is 4.98 Å². The van der Waals surface area contributed by atoms with Gasteiger partial charge >= 0.3 is 0 Å². The standard InChI is InChI=1S/C14H17NO4S/c1-19-12-3-2-6-15-13(12)14(16)9-7-10-4-5-11(8-9)20(10,17)18/h2-3,6,9-11H,4-5,7-8H2,1H3. The zero-order valence-corrected chi connectivity index (χ0v) is 12.1. The summed E-state index contributed by atoms with van der Waals surface area (Å²) < 4.78 is 29.3. The molecule has 0 spiro atoms. The Morgan fingerprint density at radius 2 is 1.95 bits per heavy atom. The molecule has 3 heterocycles. The largest absolute Gasteiger partial charge is 0.494 e. The van der Waals surface area contributed by atoms with Gasteiger partial charge in [-0.15, -0.1) is 0 Å². The van der Waals surface area contributed by atoms with Gasteiger partial charge in [0.2, 0.25) is 0 Å². The van der Waals surface area contributed by atoms with Gasteiger partial charge in [0.25, 0.3) is 0 Å². The van der Waals surface area contributed by atoms with Gasteiger partial charge in [-0.3, -0.25) is 4.79 Å². The lowest BCUT2D eigenvalue weighted by molar-refractivity contribution is 0.0897. The van der Waals surface area contributed by atoms with E-state index in [1.165, 1.54) is 7.11 Å². The van der Waals surface area contributed by atoms with Gasteiger partial charge in [-0.1, -0.05) is 0 Å². The van der Waals surface area contributed by atoms with Crippen molar-refractivity contribution in [1.29, 1.82) is 0 Å². The van der Waals surface area contributed by atoms with Crippen molar-refractivity contribution in [1.82, 2.24) is 4.98 Å². The molecular formula is C14H17NO4S. The Kier molecular flexibility index (Phi) is 3.28. The van der Waals surface area contributed by atoms with Crippen molar-refractivity contribution in [2.75, 3.05) is 7.11 Å². The summed E-state index contributed by atoms with van der Waals surface area (Å²) in [6.45, 7) is 0. The van der Waals surface area contributed by atoms with Crippen molar-refractivity contribution in [3.63, 3.8) is 0 Å². The summed E-state index contributed by atoms with van der Waals surface area (Å²) >= 11 is 0. The lowest BCUT2D eigenvalue weighted by atomic mass is 9.92. The van der Waals surface area contributed by atoms with E-state index in [0.717, 1.165) is 0 Å². The number of hydrogen-bond acceptors (Lipinski definition) is 5. The summed E-state index contributed by atoms with van der Waals surface area (Å²) in [7, 11) is -1.49. The predicted molar refractivity (Wildman–Crippen MR) is 73.6 cm³/mol. The first kappa shape index (κ1) is 13.5. The van der Waals surface area contributed by atoms with Gasteiger partial charge < -0.3 is 4.74 Å². The number of sulfone groups is 1. The topological polar surface area (TPSA) is 73.3 Å². The molecule has 20 heavy (non-hydrogen) atoms. The van der Waals surface area contributed by atoms with E-state index < -0.39 is 9.84 Å². The molecule has 108 valence electrons. The number of nitrogens with zero attached hydrogens (tertiary/aromatic N) is 1. The fraction of sp³-hybridized carbons (Fsp3) is 0.571. The fourth-order valence-electron chi connectivity index (χ4n) is 3.36. The molecule has 6 heteroatoms. The van der Waals surface area contributed by atoms with Crippen LogP contribution in [0.15, 0.2) is 18.3 Å². The molecule has 2 fully saturated rings. The van der Waals surface area contributed by atoms with Crippen molar-refractivity contribution in [2.45, 2.75) is 36.2 Å². The third-order valence-electron chi connectivity index (χ3n) is 4.43. The van der Waals surface area contributed by atoms with Crippen molar-refractivity contribution in [2.24, 2.45) is 5.92 Å². The van der Waals surface area contributed by atoms with Crippen molar-refractivity contribution >= 4 is 15.6 Å². The van der Waals surface area contributed by atoms with Gasteiger partial charge in [0.1, 0.15) is 11.4 Å². The Balaban J connectivity index is 1.87. The number of fused-ring (bicyclic) bond motifs is 2. The van der Waals surface area contributed by atoms with Gasteiger partial charge in [0, 0.05) is 12.1 Å². The van der Waals surface area contributed by atoms with E-state index in [-0.39, 0.29) is 22.2 Å². The molecule has 2 aliphatic rings. The van der Waals surface area contributed by atoms with Crippen molar-refractivity contribution < 1.29 is 17.9 Å². The molecule has 2 bridgehead atoms. The summed E-state index contributed by atoms with van der Waals surface area (Å²) in [5, 5.41) is -0.685. The lowest BCUT2D eigenvalue weighted by Gasteiger charge is -2.26. The van der Waals surface area contributed by atoms with E-state index in [4.69, 9.17) is 4.74 Å². The van der Waals surface area contributed by atoms with Crippen LogP contribution < -0.4 is 4.74 Å². The SMILES string of the molecule is COc1cccnc1C(=O)C1CC2CCC(C1)S2(=O)=O. The quantitative estimate of drug-likeness (QED) is 0.792. The summed E-state index contributed by atoms with van der Waals surface area (Å²) in [6, 6.07) is 3.42. The summed E-state index contributed by atoms with van der Waals surface area (Å²) in [5.41, 5.74) is 0.318. The maximum Gasteiger partial charge on any atom is 0.188 e. The number of Topliss-reactive ketones (excluding diaryl/α,β-unsaturated/α-hetero) is 1. The number of hydrogen-bond donors (Lipinski definition) is 0. The van der Waals surface area contributed by atoms with Crippen LogP contribution in [0.1, 0.15) is 36.2 Å². The van der Waals surface area contributed by atoms with Gasteiger partial charge in [-0.25, -0.2) is 13.4 Å². The van der Waals surface area contributed by atoms with E-state index in [1.54, 1.807) is 18.3 Å². The Hall–Kier alpha value is -1.43. The van der Waals surface area contributed by atoms with Crippen molar-refractivity contribution in [3.8, 4) is 5.75 Å². The van der Waals surface area contributed by atoms with Gasteiger partial charge in [0.15, 0.2) is 15.6 Å². The highest BCUT2D eigenvalue weighted by Gasteiger charge is 2.48. The first-order valence-corrected chi connectivity index (χ1v) is 8.41. The zero-order valence-electron chi connectivity index (χ0n) is 11.3. The molecule has 2 aliphatic heterocycles. The summed E-state index contributed by atoms with van der Waals surface area (Å²) in [4.78, 5) is 16.7. The van der Waals surface area contributed by atoms with Gasteiger partial charge in [-0.05, 0) is 37.8 Å².